The van der Waals surface area contributed by atoms with E-state index in [0.29, 0.717) is 6.07 Å². The van der Waals surface area contributed by atoms with Crippen LogP contribution in [-0.4, -0.2) is 22.1 Å². The Morgan fingerprint density at radius 1 is 1.53 bits per heavy atom. The van der Waals surface area contributed by atoms with Crippen molar-refractivity contribution in [3.63, 3.8) is 0 Å². The standard InChI is InChI=1S/C10H10FNO5/c1-5(2)17-8-4-6(10(13)14)3-7(11)9(8)12(15)16/h3-5H,1-2H3,(H,13,14). The van der Waals surface area contributed by atoms with Crippen LogP contribution >= 0.6 is 0 Å². The molecular formula is C10H10FNO5. The average Bonchev–Trinajstić information content (AvgIpc) is 2.14. The average molecular weight is 243 g/mol. The Balaban J connectivity index is 3.39. The Kier molecular flexibility index (Phi) is 3.62. The number of benzene rings is 1. The van der Waals surface area contributed by atoms with Gasteiger partial charge in [0.05, 0.1) is 16.6 Å². The number of nitro groups is 1. The SMILES string of the molecule is CC(C)Oc1cc(C(=O)O)cc(F)c1[N+](=O)[O-]. The Morgan fingerprint density at radius 2 is 2.12 bits per heavy atom. The summed E-state index contributed by atoms with van der Waals surface area (Å²) in [6.07, 6.45) is -0.433. The molecule has 1 aromatic carbocycles. The van der Waals surface area contributed by atoms with Crippen LogP contribution in [0, 0.1) is 15.9 Å². The summed E-state index contributed by atoms with van der Waals surface area (Å²) >= 11 is 0. The van der Waals surface area contributed by atoms with Gasteiger partial charge in [0.2, 0.25) is 11.6 Å². The summed E-state index contributed by atoms with van der Waals surface area (Å²) in [6, 6.07) is 1.52. The zero-order valence-electron chi connectivity index (χ0n) is 9.14. The van der Waals surface area contributed by atoms with Crippen molar-refractivity contribution in [2.24, 2.45) is 0 Å². The number of nitrogens with zero attached hydrogens (tertiary/aromatic N) is 1. The minimum absolute atomic E-state index is 0.387. The van der Waals surface area contributed by atoms with Crippen molar-refractivity contribution in [2.75, 3.05) is 0 Å². The summed E-state index contributed by atoms with van der Waals surface area (Å²) in [6.45, 7) is 3.18. The minimum Gasteiger partial charge on any atom is -0.484 e. The maximum absolute atomic E-state index is 13.4. The van der Waals surface area contributed by atoms with Gasteiger partial charge in [0.1, 0.15) is 0 Å². The number of rotatable bonds is 4. The lowest BCUT2D eigenvalue weighted by atomic mass is 10.2. The van der Waals surface area contributed by atoms with Crippen LogP contribution in [0.1, 0.15) is 24.2 Å². The van der Waals surface area contributed by atoms with E-state index in [1.165, 1.54) is 0 Å². The topological polar surface area (TPSA) is 89.7 Å². The second kappa shape index (κ2) is 4.77. The smallest absolute Gasteiger partial charge is 0.346 e. The van der Waals surface area contributed by atoms with E-state index >= 15 is 0 Å². The lowest BCUT2D eigenvalue weighted by Gasteiger charge is -2.10. The molecule has 0 bridgehead atoms. The first-order chi connectivity index (χ1) is 7.82. The minimum atomic E-state index is -1.38. The van der Waals surface area contributed by atoms with E-state index in [9.17, 15) is 19.3 Å². The molecule has 0 aliphatic heterocycles. The third kappa shape index (κ3) is 2.90. The fraction of sp³-hybridized carbons (Fsp3) is 0.300. The van der Waals surface area contributed by atoms with E-state index in [4.69, 9.17) is 9.84 Å². The highest BCUT2D eigenvalue weighted by Gasteiger charge is 2.25. The molecule has 0 amide bonds. The first kappa shape index (κ1) is 12.9. The summed E-state index contributed by atoms with van der Waals surface area (Å²) in [5.41, 5.74) is -1.26. The predicted octanol–water partition coefficient (Wildman–Crippen LogP) is 2.22. The quantitative estimate of drug-likeness (QED) is 0.646. The molecule has 1 N–H and O–H groups in total. The van der Waals surface area contributed by atoms with E-state index in [2.05, 4.69) is 0 Å². The van der Waals surface area contributed by atoms with E-state index in [-0.39, 0.29) is 5.75 Å². The van der Waals surface area contributed by atoms with Crippen LogP contribution < -0.4 is 4.74 Å². The highest BCUT2D eigenvalue weighted by molar-refractivity contribution is 5.88. The van der Waals surface area contributed by atoms with Crippen molar-refractivity contribution < 1.29 is 24.0 Å². The number of nitro benzene ring substituents is 1. The van der Waals surface area contributed by atoms with Gasteiger partial charge in [-0.15, -0.1) is 0 Å². The second-order valence-electron chi connectivity index (χ2n) is 3.53. The third-order valence-corrected chi connectivity index (χ3v) is 1.82. The van der Waals surface area contributed by atoms with Crippen molar-refractivity contribution >= 4 is 11.7 Å². The van der Waals surface area contributed by atoms with Crippen molar-refractivity contribution in [1.29, 1.82) is 0 Å². The van der Waals surface area contributed by atoms with Gasteiger partial charge >= 0.3 is 11.7 Å². The highest BCUT2D eigenvalue weighted by Crippen LogP contribution is 2.32. The Bertz CT molecular complexity index is 472. The molecule has 1 aromatic rings. The van der Waals surface area contributed by atoms with E-state index in [0.717, 1.165) is 6.07 Å². The summed E-state index contributed by atoms with van der Waals surface area (Å²) < 4.78 is 18.4. The molecule has 0 unspecified atom stereocenters. The van der Waals surface area contributed by atoms with E-state index < -0.39 is 34.1 Å². The number of halogens is 1. The van der Waals surface area contributed by atoms with Crippen LogP contribution in [0.3, 0.4) is 0 Å². The van der Waals surface area contributed by atoms with Crippen molar-refractivity contribution in [1.82, 2.24) is 0 Å². The Morgan fingerprint density at radius 3 is 2.53 bits per heavy atom. The molecular weight excluding hydrogens is 233 g/mol. The van der Waals surface area contributed by atoms with Gasteiger partial charge in [-0.05, 0) is 19.9 Å². The molecule has 0 spiro atoms. The van der Waals surface area contributed by atoms with E-state index in [1.807, 2.05) is 0 Å². The van der Waals surface area contributed by atoms with Crippen molar-refractivity contribution in [3.8, 4) is 5.75 Å². The van der Waals surface area contributed by atoms with Crippen molar-refractivity contribution in [2.45, 2.75) is 20.0 Å². The third-order valence-electron chi connectivity index (χ3n) is 1.82. The lowest BCUT2D eigenvalue weighted by molar-refractivity contribution is -0.388. The van der Waals surface area contributed by atoms with Gasteiger partial charge in [-0.3, -0.25) is 10.1 Å². The van der Waals surface area contributed by atoms with Gasteiger partial charge in [0.25, 0.3) is 0 Å². The fourth-order valence-corrected chi connectivity index (χ4v) is 1.22. The molecule has 1 rings (SSSR count). The number of carboxylic acid groups (broad SMARTS) is 1. The molecule has 0 saturated carbocycles. The number of carboxylic acids is 1. The second-order valence-corrected chi connectivity index (χ2v) is 3.53. The Hall–Kier alpha value is -2.18. The molecule has 6 nitrogen and oxygen atoms in total. The van der Waals surface area contributed by atoms with Crippen LogP contribution in [-0.2, 0) is 0 Å². The largest absolute Gasteiger partial charge is 0.484 e. The fourth-order valence-electron chi connectivity index (χ4n) is 1.22. The zero-order chi connectivity index (χ0) is 13.2. The molecule has 0 heterocycles. The van der Waals surface area contributed by atoms with E-state index in [1.54, 1.807) is 13.8 Å². The molecule has 0 fully saturated rings. The van der Waals surface area contributed by atoms with Crippen LogP contribution in [0.25, 0.3) is 0 Å². The van der Waals surface area contributed by atoms with Gasteiger partial charge in [-0.1, -0.05) is 0 Å². The van der Waals surface area contributed by atoms with Gasteiger partial charge in [0.15, 0.2) is 0 Å². The number of ether oxygens (including phenoxy) is 1. The molecule has 0 radical (unpaired) electrons. The summed E-state index contributed by atoms with van der Waals surface area (Å²) in [5.74, 6) is -3.00. The zero-order valence-corrected chi connectivity index (χ0v) is 9.14. The number of hydrogen-bond donors (Lipinski definition) is 1. The first-order valence-corrected chi connectivity index (χ1v) is 4.70. The monoisotopic (exact) mass is 243 g/mol. The summed E-state index contributed by atoms with van der Waals surface area (Å²) in [7, 11) is 0. The van der Waals surface area contributed by atoms with Crippen LogP contribution in [0.15, 0.2) is 12.1 Å². The molecule has 0 aliphatic rings. The Labute approximate surface area is 95.8 Å². The first-order valence-electron chi connectivity index (χ1n) is 4.70. The number of carbonyl (C=O) groups is 1. The van der Waals surface area contributed by atoms with Crippen LogP contribution in [0.2, 0.25) is 0 Å². The van der Waals surface area contributed by atoms with Gasteiger partial charge in [-0.25, -0.2) is 4.79 Å². The molecule has 0 saturated heterocycles. The lowest BCUT2D eigenvalue weighted by Crippen LogP contribution is -2.10. The van der Waals surface area contributed by atoms with Crippen LogP contribution in [0.5, 0.6) is 5.75 Å². The maximum atomic E-state index is 13.4. The normalized spacial score (nSPS) is 10.4. The highest BCUT2D eigenvalue weighted by atomic mass is 19.1. The molecule has 0 aliphatic carbocycles. The maximum Gasteiger partial charge on any atom is 0.346 e. The van der Waals surface area contributed by atoms with Crippen LogP contribution in [0.4, 0.5) is 10.1 Å². The summed E-state index contributed by atoms with van der Waals surface area (Å²) in [4.78, 5) is 20.4. The molecule has 7 heteroatoms. The molecule has 0 aromatic heterocycles. The van der Waals surface area contributed by atoms with Gasteiger partial charge in [-0.2, -0.15) is 4.39 Å². The predicted molar refractivity (Wildman–Crippen MR) is 55.8 cm³/mol. The van der Waals surface area contributed by atoms with Crippen molar-refractivity contribution in [3.05, 3.63) is 33.6 Å². The number of aromatic carboxylic acids is 1. The van der Waals surface area contributed by atoms with Gasteiger partial charge < -0.3 is 9.84 Å². The molecule has 17 heavy (non-hydrogen) atoms. The molecule has 92 valence electrons. The molecule has 0 atom stereocenters. The van der Waals surface area contributed by atoms with Gasteiger partial charge in [0, 0.05) is 6.07 Å². The summed E-state index contributed by atoms with van der Waals surface area (Å²) in [5, 5.41) is 19.3. The number of hydrogen-bond acceptors (Lipinski definition) is 4.